The molecule has 0 bridgehead atoms. The second kappa shape index (κ2) is 4.75. The summed E-state index contributed by atoms with van der Waals surface area (Å²) in [4.78, 5) is 11.8. The Balaban J connectivity index is 1.86. The fourth-order valence-electron chi connectivity index (χ4n) is 1.89. The van der Waals surface area contributed by atoms with Gasteiger partial charge in [-0.3, -0.25) is 4.79 Å². The summed E-state index contributed by atoms with van der Waals surface area (Å²) in [6.45, 7) is 0.516. The SMILES string of the molecule is COc1ccc(CNC(=O)C2(N)CCC2)cc1. The van der Waals surface area contributed by atoms with Gasteiger partial charge in [-0.05, 0) is 37.0 Å². The zero-order valence-electron chi connectivity index (χ0n) is 10.0. The zero-order chi connectivity index (χ0) is 12.3. The zero-order valence-corrected chi connectivity index (χ0v) is 10.0. The molecule has 4 nitrogen and oxygen atoms in total. The average molecular weight is 234 g/mol. The number of carbonyl (C=O) groups is 1. The third kappa shape index (κ3) is 2.58. The van der Waals surface area contributed by atoms with Crippen molar-refractivity contribution < 1.29 is 9.53 Å². The second-order valence-corrected chi connectivity index (χ2v) is 4.54. The molecule has 1 aliphatic carbocycles. The molecule has 0 unspecified atom stereocenters. The summed E-state index contributed by atoms with van der Waals surface area (Å²) in [6, 6.07) is 7.62. The van der Waals surface area contributed by atoms with Crippen LogP contribution < -0.4 is 15.8 Å². The van der Waals surface area contributed by atoms with Gasteiger partial charge in [-0.25, -0.2) is 0 Å². The van der Waals surface area contributed by atoms with Gasteiger partial charge < -0.3 is 15.8 Å². The highest BCUT2D eigenvalue weighted by atomic mass is 16.5. The number of nitrogens with one attached hydrogen (secondary N) is 1. The number of hydrogen-bond acceptors (Lipinski definition) is 3. The number of hydrogen-bond donors (Lipinski definition) is 2. The highest BCUT2D eigenvalue weighted by molar-refractivity contribution is 5.86. The molecular formula is C13H18N2O2. The molecule has 1 aliphatic rings. The predicted octanol–water partition coefficient (Wildman–Crippen LogP) is 1.19. The van der Waals surface area contributed by atoms with Gasteiger partial charge in [0.15, 0.2) is 0 Å². The second-order valence-electron chi connectivity index (χ2n) is 4.54. The van der Waals surface area contributed by atoms with Gasteiger partial charge in [0.2, 0.25) is 5.91 Å². The van der Waals surface area contributed by atoms with Crippen molar-refractivity contribution in [3.63, 3.8) is 0 Å². The van der Waals surface area contributed by atoms with E-state index >= 15 is 0 Å². The van der Waals surface area contributed by atoms with Gasteiger partial charge in [0.25, 0.3) is 0 Å². The van der Waals surface area contributed by atoms with E-state index in [-0.39, 0.29) is 5.91 Å². The molecule has 17 heavy (non-hydrogen) atoms. The van der Waals surface area contributed by atoms with Crippen LogP contribution in [0.2, 0.25) is 0 Å². The summed E-state index contributed by atoms with van der Waals surface area (Å²) in [7, 11) is 1.63. The Morgan fingerprint density at radius 2 is 2.06 bits per heavy atom. The van der Waals surface area contributed by atoms with Gasteiger partial charge in [0, 0.05) is 6.54 Å². The van der Waals surface area contributed by atoms with Crippen LogP contribution in [0.4, 0.5) is 0 Å². The Labute approximate surface area is 101 Å². The minimum absolute atomic E-state index is 0.0421. The molecule has 1 fully saturated rings. The number of nitrogens with two attached hydrogens (primary N) is 1. The van der Waals surface area contributed by atoms with E-state index in [1.165, 1.54) is 0 Å². The van der Waals surface area contributed by atoms with Crippen molar-refractivity contribution in [2.24, 2.45) is 5.73 Å². The first-order valence-corrected chi connectivity index (χ1v) is 5.84. The lowest BCUT2D eigenvalue weighted by Gasteiger charge is -2.36. The summed E-state index contributed by atoms with van der Waals surface area (Å²) in [6.07, 6.45) is 2.63. The topological polar surface area (TPSA) is 64.3 Å². The van der Waals surface area contributed by atoms with E-state index < -0.39 is 5.54 Å². The maximum atomic E-state index is 11.8. The lowest BCUT2D eigenvalue weighted by Crippen LogP contribution is -2.58. The summed E-state index contributed by atoms with van der Waals surface area (Å²) in [5, 5.41) is 2.87. The Morgan fingerprint density at radius 1 is 1.41 bits per heavy atom. The van der Waals surface area contributed by atoms with E-state index in [4.69, 9.17) is 10.5 Å². The molecule has 1 aromatic carbocycles. The van der Waals surface area contributed by atoms with Crippen LogP contribution in [0, 0.1) is 0 Å². The van der Waals surface area contributed by atoms with Crippen LogP contribution in [-0.4, -0.2) is 18.6 Å². The molecule has 92 valence electrons. The molecule has 1 aromatic rings. The molecule has 0 radical (unpaired) electrons. The van der Waals surface area contributed by atoms with Crippen LogP contribution in [0.5, 0.6) is 5.75 Å². The van der Waals surface area contributed by atoms with Crippen molar-refractivity contribution in [1.29, 1.82) is 0 Å². The largest absolute Gasteiger partial charge is 0.497 e. The smallest absolute Gasteiger partial charge is 0.240 e. The molecule has 0 saturated heterocycles. The molecule has 4 heteroatoms. The number of benzene rings is 1. The van der Waals surface area contributed by atoms with Crippen LogP contribution in [0.3, 0.4) is 0 Å². The number of amides is 1. The number of carbonyl (C=O) groups excluding carboxylic acids is 1. The first-order chi connectivity index (χ1) is 8.14. The molecule has 1 saturated carbocycles. The van der Waals surface area contributed by atoms with Gasteiger partial charge in [0.05, 0.1) is 12.6 Å². The van der Waals surface area contributed by atoms with Crippen molar-refractivity contribution in [1.82, 2.24) is 5.32 Å². The first-order valence-electron chi connectivity index (χ1n) is 5.84. The predicted molar refractivity (Wildman–Crippen MR) is 65.6 cm³/mol. The molecule has 0 atom stereocenters. The van der Waals surface area contributed by atoms with E-state index in [2.05, 4.69) is 5.32 Å². The van der Waals surface area contributed by atoms with Crippen LogP contribution >= 0.6 is 0 Å². The lowest BCUT2D eigenvalue weighted by molar-refractivity contribution is -0.129. The van der Waals surface area contributed by atoms with E-state index in [0.717, 1.165) is 30.6 Å². The van der Waals surface area contributed by atoms with Gasteiger partial charge >= 0.3 is 0 Å². The van der Waals surface area contributed by atoms with E-state index in [1.807, 2.05) is 24.3 Å². The van der Waals surface area contributed by atoms with Crippen LogP contribution in [0.15, 0.2) is 24.3 Å². The van der Waals surface area contributed by atoms with Crippen molar-refractivity contribution in [3.05, 3.63) is 29.8 Å². The summed E-state index contributed by atoms with van der Waals surface area (Å²) >= 11 is 0. The van der Waals surface area contributed by atoms with Crippen LogP contribution in [0.1, 0.15) is 24.8 Å². The molecule has 1 amide bonds. The van der Waals surface area contributed by atoms with E-state index in [1.54, 1.807) is 7.11 Å². The molecule has 2 rings (SSSR count). The highest BCUT2D eigenvalue weighted by Crippen LogP contribution is 2.29. The maximum Gasteiger partial charge on any atom is 0.240 e. The molecular weight excluding hydrogens is 216 g/mol. The van der Waals surface area contributed by atoms with E-state index in [0.29, 0.717) is 6.54 Å². The lowest BCUT2D eigenvalue weighted by atomic mass is 9.77. The van der Waals surface area contributed by atoms with Gasteiger partial charge in [0.1, 0.15) is 5.75 Å². The average Bonchev–Trinajstić information content (AvgIpc) is 2.33. The van der Waals surface area contributed by atoms with Gasteiger partial charge in [-0.15, -0.1) is 0 Å². The van der Waals surface area contributed by atoms with Crippen LogP contribution in [-0.2, 0) is 11.3 Å². The minimum Gasteiger partial charge on any atom is -0.497 e. The minimum atomic E-state index is -0.619. The van der Waals surface area contributed by atoms with Crippen molar-refractivity contribution in [2.45, 2.75) is 31.3 Å². The molecule has 0 spiro atoms. The molecule has 0 aromatic heterocycles. The fraction of sp³-hybridized carbons (Fsp3) is 0.462. The maximum absolute atomic E-state index is 11.8. The Morgan fingerprint density at radius 3 is 2.53 bits per heavy atom. The van der Waals surface area contributed by atoms with Gasteiger partial charge in [-0.2, -0.15) is 0 Å². The number of methoxy groups -OCH3 is 1. The summed E-state index contributed by atoms with van der Waals surface area (Å²) in [5.74, 6) is 0.772. The van der Waals surface area contributed by atoms with Gasteiger partial charge in [-0.1, -0.05) is 12.1 Å². The first kappa shape index (κ1) is 11.9. The van der Waals surface area contributed by atoms with Crippen molar-refractivity contribution in [3.8, 4) is 5.75 Å². The van der Waals surface area contributed by atoms with Crippen LogP contribution in [0.25, 0.3) is 0 Å². The molecule has 0 aliphatic heterocycles. The highest BCUT2D eigenvalue weighted by Gasteiger charge is 2.39. The van der Waals surface area contributed by atoms with Crippen molar-refractivity contribution >= 4 is 5.91 Å². The quantitative estimate of drug-likeness (QED) is 0.822. The summed E-state index contributed by atoms with van der Waals surface area (Å²) in [5.41, 5.74) is 6.35. The Kier molecular flexibility index (Phi) is 3.33. The Bertz CT molecular complexity index is 396. The summed E-state index contributed by atoms with van der Waals surface area (Å²) < 4.78 is 5.07. The van der Waals surface area contributed by atoms with E-state index in [9.17, 15) is 4.79 Å². The molecule has 3 N–H and O–H groups in total. The normalized spacial score (nSPS) is 17.1. The third-order valence-corrected chi connectivity index (χ3v) is 3.31. The number of rotatable bonds is 4. The Hall–Kier alpha value is -1.55. The molecule has 0 heterocycles. The number of ether oxygens (including phenoxy) is 1. The third-order valence-electron chi connectivity index (χ3n) is 3.31. The fourth-order valence-corrected chi connectivity index (χ4v) is 1.89. The standard InChI is InChI=1S/C13H18N2O2/c1-17-11-5-3-10(4-6-11)9-15-12(16)13(14)7-2-8-13/h3-6H,2,7-9,14H2,1H3,(H,15,16). The monoisotopic (exact) mass is 234 g/mol. The van der Waals surface area contributed by atoms with Crippen molar-refractivity contribution in [2.75, 3.05) is 7.11 Å².